The summed E-state index contributed by atoms with van der Waals surface area (Å²) < 4.78 is 6.74. The molecule has 9 nitrogen and oxygen atoms in total. The highest BCUT2D eigenvalue weighted by molar-refractivity contribution is 14.0. The third-order valence-electron chi connectivity index (χ3n) is 4.17. The molecule has 1 amide bonds. The van der Waals surface area contributed by atoms with E-state index < -0.39 is 0 Å². The summed E-state index contributed by atoms with van der Waals surface area (Å²) in [6, 6.07) is 0.329. The van der Waals surface area contributed by atoms with E-state index in [4.69, 9.17) is 4.74 Å². The van der Waals surface area contributed by atoms with Crippen molar-refractivity contribution in [2.24, 2.45) is 4.99 Å². The van der Waals surface area contributed by atoms with E-state index in [1.807, 2.05) is 4.57 Å². The average Bonchev–Trinajstić information content (AvgIpc) is 3.15. The van der Waals surface area contributed by atoms with Crippen molar-refractivity contribution in [3.63, 3.8) is 0 Å². The van der Waals surface area contributed by atoms with Gasteiger partial charge in [-0.15, -0.1) is 34.2 Å². The van der Waals surface area contributed by atoms with E-state index in [2.05, 4.69) is 32.7 Å². The fourth-order valence-corrected chi connectivity index (χ4v) is 2.78. The molecule has 0 radical (unpaired) electrons. The maximum absolute atomic E-state index is 11.5. The molecule has 0 saturated carbocycles. The molecule has 1 saturated heterocycles. The first kappa shape index (κ1) is 22.5. The Balaban J connectivity index is 0.00000338. The van der Waals surface area contributed by atoms with E-state index in [1.54, 1.807) is 17.6 Å². The maximum atomic E-state index is 11.5. The molecule has 0 bridgehead atoms. The molecule has 2 rings (SSSR count). The molecule has 1 aliphatic rings. The van der Waals surface area contributed by atoms with Gasteiger partial charge in [-0.3, -0.25) is 4.99 Å². The third kappa shape index (κ3) is 7.75. The number of carbonyl (C=O) groups is 1. The second kappa shape index (κ2) is 12.7. The van der Waals surface area contributed by atoms with Gasteiger partial charge >= 0.3 is 6.09 Å². The van der Waals surface area contributed by atoms with Crippen LogP contribution in [0.4, 0.5) is 4.79 Å². The van der Waals surface area contributed by atoms with Gasteiger partial charge in [-0.25, -0.2) is 4.79 Å². The van der Waals surface area contributed by atoms with Gasteiger partial charge < -0.3 is 24.8 Å². The fourth-order valence-electron chi connectivity index (χ4n) is 2.78. The Bertz CT molecular complexity index is 531. The number of hydrogen-bond acceptors (Lipinski definition) is 5. The minimum Gasteiger partial charge on any atom is -0.453 e. The van der Waals surface area contributed by atoms with Gasteiger partial charge in [0.05, 0.1) is 7.11 Å². The second-order valence-electron chi connectivity index (χ2n) is 6.04. The highest BCUT2D eigenvalue weighted by Gasteiger charge is 2.23. The van der Waals surface area contributed by atoms with Gasteiger partial charge in [0, 0.05) is 38.8 Å². The minimum atomic E-state index is -0.243. The molecule has 0 unspecified atom stereocenters. The molecule has 1 aromatic rings. The Morgan fingerprint density at radius 3 is 2.58 bits per heavy atom. The number of rotatable bonds is 7. The molecule has 26 heavy (non-hydrogen) atoms. The predicted molar refractivity (Wildman–Crippen MR) is 111 cm³/mol. The molecular formula is C16H30IN7O2. The normalized spacial score (nSPS) is 15.3. The molecule has 1 fully saturated rings. The van der Waals surface area contributed by atoms with Gasteiger partial charge in [0.25, 0.3) is 0 Å². The van der Waals surface area contributed by atoms with Crippen LogP contribution in [-0.2, 0) is 11.3 Å². The van der Waals surface area contributed by atoms with Crippen molar-refractivity contribution in [1.29, 1.82) is 0 Å². The van der Waals surface area contributed by atoms with Crippen LogP contribution < -0.4 is 10.6 Å². The van der Waals surface area contributed by atoms with Crippen molar-refractivity contribution in [1.82, 2.24) is 30.3 Å². The highest BCUT2D eigenvalue weighted by atomic mass is 127. The van der Waals surface area contributed by atoms with Crippen molar-refractivity contribution < 1.29 is 9.53 Å². The molecule has 148 valence electrons. The van der Waals surface area contributed by atoms with Crippen LogP contribution in [0.3, 0.4) is 0 Å². The van der Waals surface area contributed by atoms with Gasteiger partial charge in [-0.05, 0) is 32.6 Å². The Labute approximate surface area is 172 Å². The molecule has 1 aliphatic heterocycles. The number of likely N-dealkylation sites (tertiary alicyclic amines) is 1. The number of aryl methyl sites for hydroxylation is 1. The lowest BCUT2D eigenvalue weighted by molar-refractivity contribution is 0.111. The number of nitrogens with zero attached hydrogens (tertiary/aromatic N) is 5. The number of amides is 1. The summed E-state index contributed by atoms with van der Waals surface area (Å²) in [4.78, 5) is 17.9. The maximum Gasteiger partial charge on any atom is 0.409 e. The third-order valence-corrected chi connectivity index (χ3v) is 4.17. The van der Waals surface area contributed by atoms with Gasteiger partial charge in [0.15, 0.2) is 5.96 Å². The number of carbonyl (C=O) groups excluding carboxylic acids is 1. The van der Waals surface area contributed by atoms with Crippen LogP contribution in [0.2, 0.25) is 0 Å². The summed E-state index contributed by atoms with van der Waals surface area (Å²) in [5.41, 5.74) is 0. The van der Waals surface area contributed by atoms with Gasteiger partial charge in [0.1, 0.15) is 12.7 Å². The van der Waals surface area contributed by atoms with Crippen LogP contribution in [0.25, 0.3) is 0 Å². The molecule has 1 aromatic heterocycles. The van der Waals surface area contributed by atoms with E-state index >= 15 is 0 Å². The van der Waals surface area contributed by atoms with Crippen LogP contribution in [0.5, 0.6) is 0 Å². The lowest BCUT2D eigenvalue weighted by Crippen LogP contribution is -2.49. The van der Waals surface area contributed by atoms with Crippen LogP contribution in [0.1, 0.15) is 32.6 Å². The van der Waals surface area contributed by atoms with Crippen molar-refractivity contribution in [3.8, 4) is 0 Å². The zero-order chi connectivity index (χ0) is 17.9. The number of aliphatic imine (C=N–C) groups is 1. The van der Waals surface area contributed by atoms with Crippen molar-refractivity contribution in [3.05, 3.63) is 12.7 Å². The molecule has 0 atom stereocenters. The lowest BCUT2D eigenvalue weighted by Gasteiger charge is -2.32. The average molecular weight is 479 g/mol. The predicted octanol–water partition coefficient (Wildman–Crippen LogP) is 1.46. The number of piperidine rings is 1. The summed E-state index contributed by atoms with van der Waals surface area (Å²) in [5.74, 6) is 0.850. The zero-order valence-electron chi connectivity index (χ0n) is 15.6. The number of methoxy groups -OCH3 is 1. The SMILES string of the molecule is CCNC(=NCCCCn1cnnc1)NC1CCN(C(=O)OC)CC1.I. The Morgan fingerprint density at radius 1 is 1.27 bits per heavy atom. The Kier molecular flexibility index (Phi) is 11.0. The number of nitrogens with one attached hydrogen (secondary N) is 2. The molecule has 10 heteroatoms. The van der Waals surface area contributed by atoms with Crippen LogP contribution >= 0.6 is 24.0 Å². The lowest BCUT2D eigenvalue weighted by atomic mass is 10.1. The van der Waals surface area contributed by atoms with E-state index in [-0.39, 0.29) is 30.1 Å². The first-order valence-corrected chi connectivity index (χ1v) is 8.93. The quantitative estimate of drug-likeness (QED) is 0.266. The number of guanidine groups is 1. The summed E-state index contributed by atoms with van der Waals surface area (Å²) >= 11 is 0. The molecular weight excluding hydrogens is 449 g/mol. The van der Waals surface area contributed by atoms with E-state index in [0.717, 1.165) is 51.3 Å². The van der Waals surface area contributed by atoms with Crippen molar-refractivity contribution >= 4 is 36.0 Å². The van der Waals surface area contributed by atoms with Crippen LogP contribution in [0, 0.1) is 0 Å². The highest BCUT2D eigenvalue weighted by Crippen LogP contribution is 2.11. The first-order valence-electron chi connectivity index (χ1n) is 8.93. The molecule has 0 aromatic carbocycles. The number of aromatic nitrogens is 3. The molecule has 0 spiro atoms. The smallest absolute Gasteiger partial charge is 0.409 e. The number of halogens is 1. The molecule has 2 N–H and O–H groups in total. The minimum absolute atomic E-state index is 0. The number of hydrogen-bond donors (Lipinski definition) is 2. The molecule has 0 aliphatic carbocycles. The van der Waals surface area contributed by atoms with E-state index in [1.165, 1.54) is 7.11 Å². The summed E-state index contributed by atoms with van der Waals surface area (Å²) in [5, 5.41) is 14.3. The standard InChI is InChI=1S/C16H29N7O2.HI/c1-3-17-15(18-8-4-5-9-22-12-19-20-13-22)21-14-6-10-23(11-7-14)16(24)25-2;/h12-14H,3-11H2,1-2H3,(H2,17,18,21);1H. The summed E-state index contributed by atoms with van der Waals surface area (Å²) in [6.07, 6.45) is 7.06. The Morgan fingerprint density at radius 2 is 1.96 bits per heavy atom. The van der Waals surface area contributed by atoms with Crippen LogP contribution in [-0.4, -0.2) is 71.0 Å². The number of unbranched alkanes of at least 4 members (excludes halogenated alkanes) is 1. The van der Waals surface area contributed by atoms with Gasteiger partial charge in [0.2, 0.25) is 0 Å². The first-order chi connectivity index (χ1) is 12.2. The second-order valence-corrected chi connectivity index (χ2v) is 6.04. The van der Waals surface area contributed by atoms with Crippen molar-refractivity contribution in [2.75, 3.05) is 33.3 Å². The monoisotopic (exact) mass is 479 g/mol. The van der Waals surface area contributed by atoms with Crippen LogP contribution in [0.15, 0.2) is 17.6 Å². The number of ether oxygens (including phenoxy) is 1. The largest absolute Gasteiger partial charge is 0.453 e. The molecule has 2 heterocycles. The van der Waals surface area contributed by atoms with E-state index in [0.29, 0.717) is 19.1 Å². The summed E-state index contributed by atoms with van der Waals surface area (Å²) in [7, 11) is 1.42. The van der Waals surface area contributed by atoms with Gasteiger partial charge in [-0.2, -0.15) is 0 Å². The summed E-state index contributed by atoms with van der Waals surface area (Å²) in [6.45, 7) is 6.00. The van der Waals surface area contributed by atoms with Crippen molar-refractivity contribution in [2.45, 2.75) is 45.2 Å². The van der Waals surface area contributed by atoms with E-state index in [9.17, 15) is 4.79 Å². The topological polar surface area (TPSA) is 96.7 Å². The van der Waals surface area contributed by atoms with Gasteiger partial charge in [-0.1, -0.05) is 0 Å². The fraction of sp³-hybridized carbons (Fsp3) is 0.750. The zero-order valence-corrected chi connectivity index (χ0v) is 17.9. The Hall–Kier alpha value is -1.59.